The zero-order chi connectivity index (χ0) is 26.0. The highest BCUT2D eigenvalue weighted by Crippen LogP contribution is 2.41. The van der Waals surface area contributed by atoms with E-state index in [1.807, 2.05) is 24.3 Å². The predicted octanol–water partition coefficient (Wildman–Crippen LogP) is 6.59. The standard InChI is InChI=1S/C26H19F3N6OS/c27-26(28,29)17-2-1-3-19(13-17)35-25(36)34-18-6-4-16(5-7-18)21-20(12-15-8-10-31-11-9-15)37-24-22(21)23(30)32-14-33-24/h1-11,13-14H,12H2,(H2,30,32,33)(H2,34,35,36). The summed E-state index contributed by atoms with van der Waals surface area (Å²) < 4.78 is 38.8. The van der Waals surface area contributed by atoms with Gasteiger partial charge in [-0.05, 0) is 53.6 Å². The molecule has 0 spiro atoms. The molecule has 5 aromatic rings. The van der Waals surface area contributed by atoms with Gasteiger partial charge >= 0.3 is 12.2 Å². The number of nitrogens with two attached hydrogens (primary N) is 1. The van der Waals surface area contributed by atoms with E-state index in [1.165, 1.54) is 29.8 Å². The highest BCUT2D eigenvalue weighted by atomic mass is 32.1. The Bertz CT molecular complexity index is 1570. The summed E-state index contributed by atoms with van der Waals surface area (Å²) in [7, 11) is 0. The summed E-state index contributed by atoms with van der Waals surface area (Å²) in [6.45, 7) is 0. The number of fused-ring (bicyclic) bond motifs is 1. The number of thiophene rings is 1. The van der Waals surface area contributed by atoms with Crippen molar-refractivity contribution in [1.29, 1.82) is 0 Å². The smallest absolute Gasteiger partial charge is 0.383 e. The van der Waals surface area contributed by atoms with Crippen molar-refractivity contribution in [2.45, 2.75) is 12.6 Å². The van der Waals surface area contributed by atoms with E-state index in [0.717, 1.165) is 43.9 Å². The highest BCUT2D eigenvalue weighted by Gasteiger charge is 2.30. The molecular formula is C26H19F3N6OS. The molecule has 4 N–H and O–H groups in total. The highest BCUT2D eigenvalue weighted by molar-refractivity contribution is 7.19. The summed E-state index contributed by atoms with van der Waals surface area (Å²) >= 11 is 1.54. The molecular weight excluding hydrogens is 501 g/mol. The van der Waals surface area contributed by atoms with Crippen LogP contribution < -0.4 is 16.4 Å². The van der Waals surface area contributed by atoms with E-state index in [4.69, 9.17) is 5.73 Å². The number of nitrogens with one attached hydrogen (secondary N) is 2. The number of carbonyl (C=O) groups is 1. The van der Waals surface area contributed by atoms with Crippen LogP contribution in [-0.4, -0.2) is 21.0 Å². The Labute approximate surface area is 213 Å². The van der Waals surface area contributed by atoms with Crippen molar-refractivity contribution < 1.29 is 18.0 Å². The number of halogens is 3. The van der Waals surface area contributed by atoms with Gasteiger partial charge in [0.05, 0.1) is 10.9 Å². The number of benzene rings is 2. The molecule has 186 valence electrons. The van der Waals surface area contributed by atoms with Crippen LogP contribution in [0.3, 0.4) is 0 Å². The second-order valence-corrected chi connectivity index (χ2v) is 9.19. The first-order valence-corrected chi connectivity index (χ1v) is 11.9. The number of pyridine rings is 1. The fourth-order valence-corrected chi connectivity index (χ4v) is 5.11. The van der Waals surface area contributed by atoms with E-state index >= 15 is 0 Å². The van der Waals surface area contributed by atoms with Gasteiger partial charge in [0.2, 0.25) is 0 Å². The number of nitrogen functional groups attached to an aromatic ring is 1. The lowest BCUT2D eigenvalue weighted by molar-refractivity contribution is -0.137. The van der Waals surface area contributed by atoms with Crippen LogP contribution in [0.1, 0.15) is 16.0 Å². The monoisotopic (exact) mass is 520 g/mol. The fourth-order valence-electron chi connectivity index (χ4n) is 3.90. The van der Waals surface area contributed by atoms with Crippen molar-refractivity contribution >= 4 is 44.8 Å². The van der Waals surface area contributed by atoms with Gasteiger partial charge in [0.15, 0.2) is 0 Å². The lowest BCUT2D eigenvalue weighted by Crippen LogP contribution is -2.19. The Morgan fingerprint density at radius 1 is 0.946 bits per heavy atom. The van der Waals surface area contributed by atoms with Crippen LogP contribution in [0, 0.1) is 0 Å². The van der Waals surface area contributed by atoms with Crippen LogP contribution in [0.5, 0.6) is 0 Å². The van der Waals surface area contributed by atoms with Gasteiger partial charge in [-0.2, -0.15) is 13.2 Å². The lowest BCUT2D eigenvalue weighted by atomic mass is 10.00. The van der Waals surface area contributed by atoms with Gasteiger partial charge in [-0.1, -0.05) is 18.2 Å². The molecule has 3 aromatic heterocycles. The van der Waals surface area contributed by atoms with Gasteiger partial charge in [-0.3, -0.25) is 4.98 Å². The molecule has 0 fully saturated rings. The zero-order valence-electron chi connectivity index (χ0n) is 19.1. The Balaban J connectivity index is 1.39. The number of nitrogens with zero attached hydrogens (tertiary/aromatic N) is 3. The van der Waals surface area contributed by atoms with E-state index < -0.39 is 17.8 Å². The first kappa shape index (κ1) is 24.2. The van der Waals surface area contributed by atoms with Crippen molar-refractivity contribution in [2.75, 3.05) is 16.4 Å². The van der Waals surface area contributed by atoms with E-state index in [1.54, 1.807) is 24.5 Å². The molecule has 0 aliphatic carbocycles. The molecule has 0 aliphatic heterocycles. The summed E-state index contributed by atoms with van der Waals surface area (Å²) in [6.07, 6.45) is 1.06. The van der Waals surface area contributed by atoms with Gasteiger partial charge in [-0.25, -0.2) is 14.8 Å². The van der Waals surface area contributed by atoms with E-state index in [0.29, 0.717) is 17.9 Å². The quantitative estimate of drug-likeness (QED) is 0.242. The van der Waals surface area contributed by atoms with Crippen LogP contribution in [0.25, 0.3) is 21.3 Å². The molecule has 37 heavy (non-hydrogen) atoms. The van der Waals surface area contributed by atoms with E-state index in [9.17, 15) is 18.0 Å². The minimum absolute atomic E-state index is 0.0323. The van der Waals surface area contributed by atoms with Gasteiger partial charge < -0.3 is 16.4 Å². The Morgan fingerprint density at radius 2 is 1.68 bits per heavy atom. The number of alkyl halides is 3. The van der Waals surface area contributed by atoms with Crippen molar-refractivity contribution in [1.82, 2.24) is 15.0 Å². The van der Waals surface area contributed by atoms with Gasteiger partial charge in [0.1, 0.15) is 17.0 Å². The molecule has 0 bridgehead atoms. The number of rotatable bonds is 5. The first-order chi connectivity index (χ1) is 17.8. The first-order valence-electron chi connectivity index (χ1n) is 11.0. The maximum atomic E-state index is 12.9. The number of hydrogen-bond acceptors (Lipinski definition) is 6. The number of anilines is 3. The van der Waals surface area contributed by atoms with Crippen LogP contribution in [0.4, 0.5) is 35.2 Å². The van der Waals surface area contributed by atoms with Crippen LogP contribution in [-0.2, 0) is 12.6 Å². The third-order valence-corrected chi connectivity index (χ3v) is 6.68. The molecule has 7 nitrogen and oxygen atoms in total. The van der Waals surface area contributed by atoms with Gasteiger partial charge in [0, 0.05) is 40.6 Å². The third kappa shape index (κ3) is 5.36. The Kier molecular flexibility index (Phi) is 6.45. The molecule has 0 unspecified atom stereocenters. The second kappa shape index (κ2) is 9.86. The maximum absolute atomic E-state index is 12.9. The van der Waals surface area contributed by atoms with Crippen molar-refractivity contribution in [3.8, 4) is 11.1 Å². The van der Waals surface area contributed by atoms with Crippen LogP contribution >= 0.6 is 11.3 Å². The largest absolute Gasteiger partial charge is 0.416 e. The fraction of sp³-hybridized carbons (Fsp3) is 0.0769. The summed E-state index contributed by atoms with van der Waals surface area (Å²) in [4.78, 5) is 26.8. The molecule has 0 saturated heterocycles. The van der Waals surface area contributed by atoms with Crippen molar-refractivity contribution in [3.05, 3.63) is 95.4 Å². The topological polar surface area (TPSA) is 106 Å². The molecule has 2 amide bonds. The molecule has 0 radical (unpaired) electrons. The number of carbonyl (C=O) groups excluding carboxylic acids is 1. The Morgan fingerprint density at radius 3 is 2.41 bits per heavy atom. The van der Waals surface area contributed by atoms with Crippen molar-refractivity contribution in [2.24, 2.45) is 0 Å². The number of hydrogen-bond donors (Lipinski definition) is 3. The lowest BCUT2D eigenvalue weighted by Gasteiger charge is -2.11. The summed E-state index contributed by atoms with van der Waals surface area (Å²) in [5.74, 6) is 0.375. The molecule has 5 rings (SSSR count). The molecule has 0 saturated carbocycles. The second-order valence-electron chi connectivity index (χ2n) is 8.11. The minimum atomic E-state index is -4.50. The molecule has 0 aliphatic rings. The average molecular weight is 521 g/mol. The predicted molar refractivity (Wildman–Crippen MR) is 138 cm³/mol. The number of aromatic nitrogens is 3. The average Bonchev–Trinajstić information content (AvgIpc) is 3.24. The molecule has 2 aromatic carbocycles. The van der Waals surface area contributed by atoms with Crippen LogP contribution in [0.15, 0.2) is 79.4 Å². The SMILES string of the molecule is Nc1ncnc2sc(Cc3ccncc3)c(-c3ccc(NC(=O)Nc4cccc(C(F)(F)F)c4)cc3)c12. The Hall–Kier alpha value is -4.51. The third-order valence-electron chi connectivity index (χ3n) is 5.58. The summed E-state index contributed by atoms with van der Waals surface area (Å²) in [5, 5.41) is 5.83. The van der Waals surface area contributed by atoms with E-state index in [2.05, 4.69) is 25.6 Å². The molecule has 3 heterocycles. The number of urea groups is 1. The van der Waals surface area contributed by atoms with Gasteiger partial charge in [-0.15, -0.1) is 11.3 Å². The minimum Gasteiger partial charge on any atom is -0.383 e. The number of amides is 2. The normalized spacial score (nSPS) is 11.4. The van der Waals surface area contributed by atoms with Crippen molar-refractivity contribution in [3.63, 3.8) is 0 Å². The van der Waals surface area contributed by atoms with Gasteiger partial charge in [0.25, 0.3) is 0 Å². The summed E-state index contributed by atoms with van der Waals surface area (Å²) in [6, 6.07) is 14.8. The van der Waals surface area contributed by atoms with E-state index in [-0.39, 0.29) is 5.69 Å². The maximum Gasteiger partial charge on any atom is 0.416 e. The molecule has 11 heteroatoms. The van der Waals surface area contributed by atoms with Crippen LogP contribution in [0.2, 0.25) is 0 Å². The summed E-state index contributed by atoms with van der Waals surface area (Å²) in [5.41, 5.74) is 8.73. The zero-order valence-corrected chi connectivity index (χ0v) is 19.9. The molecule has 0 atom stereocenters.